The summed E-state index contributed by atoms with van der Waals surface area (Å²) in [5, 5.41) is 35.4. The Morgan fingerprint density at radius 1 is 0.432 bits per heavy atom. The van der Waals surface area contributed by atoms with Crippen molar-refractivity contribution in [3.63, 3.8) is 0 Å². The van der Waals surface area contributed by atoms with Gasteiger partial charge in [-0.1, -0.05) is 0 Å². The van der Waals surface area contributed by atoms with Gasteiger partial charge in [0.1, 0.15) is 0 Å². The molecule has 0 aliphatic heterocycles. The van der Waals surface area contributed by atoms with Gasteiger partial charge in [0.25, 0.3) is 0 Å². The molecule has 0 aromatic carbocycles. The van der Waals surface area contributed by atoms with Crippen molar-refractivity contribution >= 4 is 23.9 Å². The second kappa shape index (κ2) is 12.7. The molecule has 0 saturated heterocycles. The van der Waals surface area contributed by atoms with Gasteiger partial charge in [-0.15, -0.1) is 0 Å². The summed E-state index contributed by atoms with van der Waals surface area (Å²) >= 11 is 0. The summed E-state index contributed by atoms with van der Waals surface area (Å²) in [6.07, 6.45) is 5.36. The molecule has 13 heteroatoms. The maximum absolute atomic E-state index is 10.8. The van der Waals surface area contributed by atoms with Gasteiger partial charge in [0, 0.05) is 44.3 Å². The predicted molar refractivity (Wildman–Crippen MR) is 123 cm³/mol. The van der Waals surface area contributed by atoms with E-state index in [0.29, 0.717) is 22.8 Å². The van der Waals surface area contributed by atoms with Crippen molar-refractivity contribution in [2.45, 2.75) is 0 Å². The first-order valence-electron chi connectivity index (χ1n) is 9.94. The first-order valence-corrected chi connectivity index (χ1v) is 9.94. The third-order valence-corrected chi connectivity index (χ3v) is 4.55. The van der Waals surface area contributed by atoms with Gasteiger partial charge >= 0.3 is 23.9 Å². The zero-order valence-electron chi connectivity index (χ0n) is 18.5. The van der Waals surface area contributed by atoms with Crippen molar-refractivity contribution in [1.29, 1.82) is 0 Å². The number of carboxylic acids is 4. The van der Waals surface area contributed by atoms with E-state index >= 15 is 0 Å². The molecule has 4 heterocycles. The molecule has 4 rings (SSSR count). The molecular weight excluding hydrogens is 573 g/mol. The van der Waals surface area contributed by atoms with Crippen LogP contribution in [0.4, 0.5) is 0 Å². The van der Waals surface area contributed by atoms with E-state index in [-0.39, 0.29) is 41.7 Å². The molecule has 37 heavy (non-hydrogen) atoms. The van der Waals surface area contributed by atoms with E-state index in [4.69, 9.17) is 20.4 Å². The van der Waals surface area contributed by atoms with Crippen LogP contribution in [0, 0.1) is 0 Å². The van der Waals surface area contributed by atoms with Gasteiger partial charge in [-0.05, 0) is 48.5 Å². The van der Waals surface area contributed by atoms with Crippen LogP contribution in [0.5, 0.6) is 0 Å². The van der Waals surface area contributed by atoms with Crippen LogP contribution >= 0.6 is 0 Å². The van der Waals surface area contributed by atoms with Crippen molar-refractivity contribution in [2.24, 2.45) is 0 Å². The fraction of sp³-hybridized carbons (Fsp3) is 0. The number of nitrogens with zero attached hydrogens (tertiary/aromatic N) is 4. The largest absolute Gasteiger partial charge is 0.478 e. The molecule has 12 nitrogen and oxygen atoms in total. The van der Waals surface area contributed by atoms with Gasteiger partial charge in [-0.3, -0.25) is 19.9 Å². The number of carboxylic acid groups (broad SMARTS) is 4. The summed E-state index contributed by atoms with van der Waals surface area (Å²) in [7, 11) is 0. The van der Waals surface area contributed by atoms with E-state index in [1.54, 1.807) is 0 Å². The fourth-order valence-electron chi connectivity index (χ4n) is 2.81. The van der Waals surface area contributed by atoms with Crippen molar-refractivity contribution in [1.82, 2.24) is 19.9 Å². The standard InChI is InChI=1S/2C12H8N2O4.Ru/c2*15-11(16)7-1-3-13-9(5-7)10-6-8(12(17)18)2-4-14-10;/h2*1-6H,(H,15,16)(H,17,18);. The van der Waals surface area contributed by atoms with Gasteiger partial charge in [0.15, 0.2) is 0 Å². The van der Waals surface area contributed by atoms with E-state index in [2.05, 4.69) is 19.9 Å². The predicted octanol–water partition coefficient (Wildman–Crippen LogP) is 3.08. The van der Waals surface area contributed by atoms with E-state index < -0.39 is 23.9 Å². The number of pyridine rings is 4. The number of aromatic nitrogens is 4. The third kappa shape index (κ3) is 7.54. The second-order valence-electron chi connectivity index (χ2n) is 6.94. The molecule has 0 unspecified atom stereocenters. The van der Waals surface area contributed by atoms with Crippen molar-refractivity contribution in [2.75, 3.05) is 0 Å². The Bertz CT molecular complexity index is 1260. The third-order valence-electron chi connectivity index (χ3n) is 4.55. The second-order valence-corrected chi connectivity index (χ2v) is 6.94. The van der Waals surface area contributed by atoms with Crippen LogP contribution in [-0.2, 0) is 19.5 Å². The monoisotopic (exact) mass is 590 g/mol. The van der Waals surface area contributed by atoms with Crippen LogP contribution in [0.25, 0.3) is 22.8 Å². The maximum Gasteiger partial charge on any atom is 0.335 e. The number of hydrogen-bond acceptors (Lipinski definition) is 8. The molecule has 4 aromatic heterocycles. The minimum absolute atomic E-state index is 0. The summed E-state index contributed by atoms with van der Waals surface area (Å²) < 4.78 is 0. The Labute approximate surface area is 221 Å². The molecule has 4 N–H and O–H groups in total. The van der Waals surface area contributed by atoms with Gasteiger partial charge in [-0.25, -0.2) is 19.2 Å². The van der Waals surface area contributed by atoms with Crippen LogP contribution in [-0.4, -0.2) is 64.2 Å². The zero-order valence-corrected chi connectivity index (χ0v) is 20.2. The molecule has 0 aliphatic carbocycles. The average molecular weight is 589 g/mol. The van der Waals surface area contributed by atoms with Crippen molar-refractivity contribution in [3.8, 4) is 22.8 Å². The van der Waals surface area contributed by atoms with E-state index in [1.807, 2.05) is 0 Å². The first kappa shape index (κ1) is 28.3. The van der Waals surface area contributed by atoms with Crippen LogP contribution in [0.2, 0.25) is 0 Å². The van der Waals surface area contributed by atoms with Crippen molar-refractivity contribution in [3.05, 3.63) is 95.6 Å². The minimum Gasteiger partial charge on any atom is -0.478 e. The Morgan fingerprint density at radius 3 is 0.784 bits per heavy atom. The maximum atomic E-state index is 10.8. The van der Waals surface area contributed by atoms with Gasteiger partial charge in [-0.2, -0.15) is 0 Å². The normalized spacial score (nSPS) is 9.73. The van der Waals surface area contributed by atoms with Crippen LogP contribution in [0.1, 0.15) is 41.4 Å². The zero-order chi connectivity index (χ0) is 26.2. The number of aromatic carboxylic acids is 4. The van der Waals surface area contributed by atoms with Crippen molar-refractivity contribution < 1.29 is 59.1 Å². The topological polar surface area (TPSA) is 201 Å². The molecule has 0 aliphatic rings. The van der Waals surface area contributed by atoms with Gasteiger partial charge < -0.3 is 20.4 Å². The van der Waals surface area contributed by atoms with E-state index in [0.717, 1.165) is 0 Å². The molecule has 0 bridgehead atoms. The number of rotatable bonds is 6. The van der Waals surface area contributed by atoms with E-state index in [1.165, 1.54) is 73.3 Å². The summed E-state index contributed by atoms with van der Waals surface area (Å²) in [4.78, 5) is 59.2. The summed E-state index contributed by atoms with van der Waals surface area (Å²) in [6.45, 7) is 0. The quantitative estimate of drug-likeness (QED) is 0.240. The molecular formula is C24H16N4O8Ru. The smallest absolute Gasteiger partial charge is 0.335 e. The van der Waals surface area contributed by atoms with Crippen LogP contribution in [0.3, 0.4) is 0 Å². The molecule has 0 saturated carbocycles. The average Bonchev–Trinajstić information content (AvgIpc) is 2.89. The molecule has 4 aromatic rings. The summed E-state index contributed by atoms with van der Waals surface area (Å²) in [5.41, 5.74) is 1.56. The Balaban J connectivity index is 0.000000253. The summed E-state index contributed by atoms with van der Waals surface area (Å²) in [5.74, 6) is -4.30. The van der Waals surface area contributed by atoms with Crippen LogP contribution < -0.4 is 0 Å². The van der Waals surface area contributed by atoms with E-state index in [9.17, 15) is 19.2 Å². The Hall–Kier alpha value is -4.90. The number of carbonyl (C=O) groups is 4. The molecule has 0 fully saturated rings. The Kier molecular flexibility index (Phi) is 9.73. The first-order chi connectivity index (χ1) is 17.2. The molecule has 0 atom stereocenters. The fourth-order valence-corrected chi connectivity index (χ4v) is 2.81. The molecule has 0 amide bonds. The molecule has 188 valence electrons. The molecule has 0 spiro atoms. The summed E-state index contributed by atoms with van der Waals surface area (Å²) in [6, 6.07) is 10.8. The SMILES string of the molecule is O=C(O)c1ccnc(-c2cc(C(=O)O)ccn2)c1.O=C(O)c1ccnc(-c2cc(C(=O)O)ccn2)c1.[Ru]. The Morgan fingerprint density at radius 2 is 0.622 bits per heavy atom. The number of hydrogen-bond donors (Lipinski definition) is 4. The van der Waals surface area contributed by atoms with Crippen LogP contribution in [0.15, 0.2) is 73.3 Å². The van der Waals surface area contributed by atoms with Gasteiger partial charge in [0.05, 0.1) is 45.0 Å². The molecule has 0 radical (unpaired) electrons. The minimum atomic E-state index is -1.08. The van der Waals surface area contributed by atoms with Gasteiger partial charge in [0.2, 0.25) is 0 Å².